The minimum atomic E-state index is -2.91. The van der Waals surface area contributed by atoms with Gasteiger partial charge in [-0.3, -0.25) is 9.97 Å². The van der Waals surface area contributed by atoms with E-state index < -0.39 is 8.07 Å². The van der Waals surface area contributed by atoms with Crippen LogP contribution in [0.5, 0.6) is 0 Å². The minimum Gasteiger partial charge on any atom is -0.310 e. The molecule has 55 heavy (non-hydrogen) atoms. The number of anilines is 3. The lowest BCUT2D eigenvalue weighted by atomic mass is 9.73. The Labute approximate surface area is 327 Å². The van der Waals surface area contributed by atoms with Crippen LogP contribution in [-0.2, 0) is 16.2 Å². The van der Waals surface area contributed by atoms with Gasteiger partial charge in [0.25, 0.3) is 0 Å². The quantitative estimate of drug-likeness (QED) is 0.169. The van der Waals surface area contributed by atoms with Crippen molar-refractivity contribution in [2.75, 3.05) is 4.90 Å². The van der Waals surface area contributed by atoms with E-state index in [0.29, 0.717) is 0 Å². The van der Waals surface area contributed by atoms with Crippen LogP contribution >= 0.6 is 0 Å². The zero-order valence-corrected chi connectivity index (χ0v) is 34.3. The normalized spacial score (nSPS) is 15.2. The van der Waals surface area contributed by atoms with Crippen LogP contribution in [0, 0.1) is 0 Å². The molecule has 4 heteroatoms. The fraction of sp³-hybridized carbons (Fsp3) is 0.216. The van der Waals surface area contributed by atoms with E-state index in [1.54, 1.807) is 0 Å². The van der Waals surface area contributed by atoms with Crippen molar-refractivity contribution in [3.8, 4) is 22.4 Å². The van der Waals surface area contributed by atoms with Crippen molar-refractivity contribution in [3.05, 3.63) is 174 Å². The number of aromatic nitrogens is 2. The van der Waals surface area contributed by atoms with Crippen LogP contribution in [0.25, 0.3) is 22.4 Å². The molecule has 0 saturated heterocycles. The Kier molecular flexibility index (Phi) is 7.97. The predicted molar refractivity (Wildman–Crippen MR) is 234 cm³/mol. The summed E-state index contributed by atoms with van der Waals surface area (Å²) in [6.07, 6.45) is 3.86. The Morgan fingerprint density at radius 1 is 0.527 bits per heavy atom. The van der Waals surface area contributed by atoms with Gasteiger partial charge in [-0.05, 0) is 108 Å². The first kappa shape index (κ1) is 35.1. The van der Waals surface area contributed by atoms with E-state index in [1.807, 2.05) is 24.5 Å². The maximum absolute atomic E-state index is 5.27. The third kappa shape index (κ3) is 5.44. The summed E-state index contributed by atoms with van der Waals surface area (Å²) < 4.78 is 0. The number of fused-ring (bicyclic) bond motifs is 5. The van der Waals surface area contributed by atoms with E-state index >= 15 is 0 Å². The molecule has 0 amide bonds. The first-order valence-electron chi connectivity index (χ1n) is 19.6. The maximum Gasteiger partial charge on any atom is 0.203 e. The molecular formula is C51H49N3Si. The van der Waals surface area contributed by atoms with E-state index in [4.69, 9.17) is 9.97 Å². The van der Waals surface area contributed by atoms with E-state index in [2.05, 4.69) is 188 Å². The number of pyridine rings is 2. The molecule has 2 aromatic heterocycles. The molecule has 2 aliphatic heterocycles. The van der Waals surface area contributed by atoms with Crippen molar-refractivity contribution in [1.29, 1.82) is 0 Å². The molecule has 0 atom stereocenters. The van der Waals surface area contributed by atoms with Gasteiger partial charge >= 0.3 is 0 Å². The molecule has 0 unspecified atom stereocenters. The van der Waals surface area contributed by atoms with E-state index in [-0.39, 0.29) is 16.2 Å². The van der Waals surface area contributed by atoms with Crippen LogP contribution in [0.4, 0.5) is 17.1 Å². The number of nitrogens with zero attached hydrogens (tertiary/aromatic N) is 3. The second-order valence-corrected chi connectivity index (χ2v) is 21.6. The molecule has 0 radical (unpaired) electrons. The lowest BCUT2D eigenvalue weighted by molar-refractivity contribution is 0.589. The zero-order chi connectivity index (χ0) is 38.3. The third-order valence-electron chi connectivity index (χ3n) is 12.1. The molecule has 4 heterocycles. The number of hydrogen-bond acceptors (Lipinski definition) is 3. The van der Waals surface area contributed by atoms with E-state index in [1.165, 1.54) is 60.3 Å². The topological polar surface area (TPSA) is 29.0 Å². The Morgan fingerprint density at radius 3 is 1.76 bits per heavy atom. The summed E-state index contributed by atoms with van der Waals surface area (Å²) in [7, 11) is -2.91. The Balaban J connectivity index is 1.33. The summed E-state index contributed by atoms with van der Waals surface area (Å²) in [6, 6.07) is 52.5. The summed E-state index contributed by atoms with van der Waals surface area (Å²) in [5.41, 5.74) is 13.5. The zero-order valence-electron chi connectivity index (χ0n) is 33.3. The summed E-state index contributed by atoms with van der Waals surface area (Å²) in [5, 5.41) is 5.32. The van der Waals surface area contributed by atoms with Gasteiger partial charge < -0.3 is 4.90 Å². The lowest BCUT2D eigenvalue weighted by Gasteiger charge is -2.42. The first-order chi connectivity index (χ1) is 26.3. The predicted octanol–water partition coefficient (Wildman–Crippen LogP) is 10.2. The molecule has 2 aliphatic rings. The molecule has 9 rings (SSSR count). The molecule has 0 fully saturated rings. The van der Waals surface area contributed by atoms with Crippen LogP contribution in [-0.4, -0.2) is 18.0 Å². The second-order valence-electron chi connectivity index (χ2n) is 18.0. The maximum atomic E-state index is 5.27. The van der Waals surface area contributed by atoms with Crippen molar-refractivity contribution in [1.82, 2.24) is 9.97 Å². The summed E-state index contributed by atoms with van der Waals surface area (Å²) in [6.45, 7) is 18.6. The van der Waals surface area contributed by atoms with E-state index in [0.717, 1.165) is 22.3 Å². The summed E-state index contributed by atoms with van der Waals surface area (Å²) in [4.78, 5) is 12.5. The van der Waals surface area contributed by atoms with Crippen LogP contribution in [0.15, 0.2) is 152 Å². The molecule has 0 spiro atoms. The smallest absolute Gasteiger partial charge is 0.203 e. The van der Waals surface area contributed by atoms with Gasteiger partial charge in [0.15, 0.2) is 0 Å². The first-order valence-corrected chi connectivity index (χ1v) is 21.6. The molecule has 5 aromatic carbocycles. The highest BCUT2D eigenvalue weighted by atomic mass is 28.3. The van der Waals surface area contributed by atoms with Gasteiger partial charge in [-0.1, -0.05) is 146 Å². The fourth-order valence-electron chi connectivity index (χ4n) is 9.15. The molecule has 0 N–H and O–H groups in total. The molecule has 0 saturated carbocycles. The van der Waals surface area contributed by atoms with Crippen molar-refractivity contribution in [2.24, 2.45) is 0 Å². The highest BCUT2D eigenvalue weighted by Crippen LogP contribution is 2.52. The number of hydrogen-bond donors (Lipinski definition) is 0. The van der Waals surface area contributed by atoms with Crippen LogP contribution in [0.3, 0.4) is 0 Å². The molecular weight excluding hydrogens is 683 g/mol. The lowest BCUT2D eigenvalue weighted by Crippen LogP contribution is -2.73. The van der Waals surface area contributed by atoms with Crippen molar-refractivity contribution in [2.45, 2.75) is 71.6 Å². The summed E-state index contributed by atoms with van der Waals surface area (Å²) >= 11 is 0. The van der Waals surface area contributed by atoms with Crippen LogP contribution in [0.1, 0.15) is 77.6 Å². The standard InChI is InChI=1S/C51H49N3Si/c1-49(2,3)35-23-26-46-39(31-35)40-32-36(50(4,5)6)24-27-47(40)55(46,48-21-12-14-29-53-48)38-17-15-16-37(33-38)54-44-20-10-9-18-41(44)51(7,8)42-25-22-34(30-45(42)54)43-19-11-13-28-52-43/h9-33H,1-8H3. The van der Waals surface area contributed by atoms with Crippen LogP contribution in [0.2, 0.25) is 0 Å². The Hall–Kier alpha value is -5.58. The van der Waals surface area contributed by atoms with Gasteiger partial charge in [0.2, 0.25) is 8.07 Å². The minimum absolute atomic E-state index is 0.0193. The molecule has 0 aliphatic carbocycles. The number of para-hydroxylation sites is 1. The van der Waals surface area contributed by atoms with Crippen molar-refractivity contribution < 1.29 is 0 Å². The highest BCUT2D eigenvalue weighted by Gasteiger charge is 2.51. The fourth-order valence-corrected chi connectivity index (χ4v) is 14.1. The van der Waals surface area contributed by atoms with E-state index in [9.17, 15) is 0 Å². The Bertz CT molecular complexity index is 2530. The SMILES string of the molecule is CC(C)(C)c1ccc2c(c1)-c1cc(C(C)(C)C)ccc1[Si]2(c1cccc(N2c3ccccc3C(C)(C)c3ccc(-c4ccccn4)cc32)c1)c1ccccn1. The largest absolute Gasteiger partial charge is 0.310 e. The van der Waals surface area contributed by atoms with Gasteiger partial charge in [-0.2, -0.15) is 0 Å². The van der Waals surface area contributed by atoms with Gasteiger partial charge in [0, 0.05) is 34.4 Å². The van der Waals surface area contributed by atoms with Gasteiger partial charge in [-0.15, -0.1) is 0 Å². The molecule has 0 bridgehead atoms. The summed E-state index contributed by atoms with van der Waals surface area (Å²) in [5.74, 6) is 0. The average Bonchev–Trinajstić information content (AvgIpc) is 3.48. The number of rotatable bonds is 4. The molecule has 272 valence electrons. The Morgan fingerprint density at radius 2 is 1.15 bits per heavy atom. The van der Waals surface area contributed by atoms with Crippen molar-refractivity contribution in [3.63, 3.8) is 0 Å². The molecule has 7 aromatic rings. The van der Waals surface area contributed by atoms with Gasteiger partial charge in [-0.25, -0.2) is 0 Å². The highest BCUT2D eigenvalue weighted by molar-refractivity contribution is 7.21. The third-order valence-corrected chi connectivity index (χ3v) is 16.9. The monoisotopic (exact) mass is 731 g/mol. The van der Waals surface area contributed by atoms with Gasteiger partial charge in [0.1, 0.15) is 0 Å². The number of benzene rings is 5. The second kappa shape index (κ2) is 12.5. The molecule has 3 nitrogen and oxygen atoms in total. The van der Waals surface area contributed by atoms with Gasteiger partial charge in [0.05, 0.1) is 17.1 Å². The average molecular weight is 732 g/mol. The van der Waals surface area contributed by atoms with Crippen molar-refractivity contribution >= 4 is 46.0 Å². The van der Waals surface area contributed by atoms with Crippen LogP contribution < -0.4 is 25.8 Å².